The summed E-state index contributed by atoms with van der Waals surface area (Å²) in [6.07, 6.45) is 0. The average Bonchev–Trinajstić information content (AvgIpc) is 2.67. The van der Waals surface area contributed by atoms with E-state index in [-0.39, 0.29) is 11.9 Å². The maximum absolute atomic E-state index is 13.0. The molecule has 0 radical (unpaired) electrons. The number of thioether (sulfide) groups is 1. The molecule has 5 heteroatoms. The van der Waals surface area contributed by atoms with Gasteiger partial charge in [0.15, 0.2) is 0 Å². The minimum absolute atomic E-state index is 0.0509. The summed E-state index contributed by atoms with van der Waals surface area (Å²) in [7, 11) is 3.27. The van der Waals surface area contributed by atoms with Crippen molar-refractivity contribution in [3.63, 3.8) is 0 Å². The van der Waals surface area contributed by atoms with E-state index < -0.39 is 0 Å². The Morgan fingerprint density at radius 1 is 1.08 bits per heavy atom. The van der Waals surface area contributed by atoms with Crippen LogP contribution >= 0.6 is 11.8 Å². The van der Waals surface area contributed by atoms with E-state index in [0.717, 1.165) is 29.4 Å². The van der Waals surface area contributed by atoms with Crippen LogP contribution in [0.4, 0.5) is 0 Å². The van der Waals surface area contributed by atoms with Crippen molar-refractivity contribution in [2.24, 2.45) is 0 Å². The van der Waals surface area contributed by atoms with Crippen LogP contribution in [0.25, 0.3) is 0 Å². The molecule has 24 heavy (non-hydrogen) atoms. The normalized spacial score (nSPS) is 17.4. The molecule has 1 amide bonds. The summed E-state index contributed by atoms with van der Waals surface area (Å²) in [5.41, 5.74) is 1.80. The monoisotopic (exact) mass is 343 g/mol. The highest BCUT2D eigenvalue weighted by atomic mass is 32.2. The van der Waals surface area contributed by atoms with Crippen LogP contribution in [0.3, 0.4) is 0 Å². The number of carbonyl (C=O) groups excluding carboxylic acids is 1. The predicted molar refractivity (Wildman–Crippen MR) is 97.1 cm³/mol. The molecule has 3 rings (SSSR count). The first kappa shape index (κ1) is 16.7. The first-order chi connectivity index (χ1) is 11.7. The minimum atomic E-state index is 0.0509. The van der Waals surface area contributed by atoms with E-state index in [0.29, 0.717) is 11.3 Å². The van der Waals surface area contributed by atoms with Gasteiger partial charge < -0.3 is 14.4 Å². The molecule has 0 aliphatic carbocycles. The second-order valence-electron chi connectivity index (χ2n) is 5.59. The number of amides is 1. The van der Waals surface area contributed by atoms with Crippen molar-refractivity contribution in [3.05, 3.63) is 59.7 Å². The third-order valence-corrected chi connectivity index (χ3v) is 5.23. The van der Waals surface area contributed by atoms with Gasteiger partial charge >= 0.3 is 0 Å². The molecule has 0 N–H and O–H groups in total. The van der Waals surface area contributed by atoms with Crippen molar-refractivity contribution in [3.8, 4) is 11.5 Å². The Morgan fingerprint density at radius 3 is 2.54 bits per heavy atom. The van der Waals surface area contributed by atoms with Crippen molar-refractivity contribution in [2.75, 3.05) is 32.3 Å². The van der Waals surface area contributed by atoms with Crippen molar-refractivity contribution in [1.82, 2.24) is 4.90 Å². The number of hydrogen-bond donors (Lipinski definition) is 0. The van der Waals surface area contributed by atoms with Gasteiger partial charge in [-0.1, -0.05) is 18.2 Å². The fourth-order valence-corrected chi connectivity index (χ4v) is 3.96. The standard InChI is InChI=1S/C19H21NO3S/c1-22-16-8-6-14(7-9-16)18-13-24-11-10-20(18)19(21)15-4-3-5-17(12-15)23-2/h3-9,12,18H,10-11,13H2,1-2H3. The van der Waals surface area contributed by atoms with Gasteiger partial charge in [0.25, 0.3) is 5.91 Å². The van der Waals surface area contributed by atoms with E-state index in [4.69, 9.17) is 9.47 Å². The van der Waals surface area contributed by atoms with Crippen LogP contribution in [0.2, 0.25) is 0 Å². The molecule has 2 aromatic rings. The molecule has 0 bridgehead atoms. The lowest BCUT2D eigenvalue weighted by Gasteiger charge is -2.36. The van der Waals surface area contributed by atoms with Crippen molar-refractivity contribution >= 4 is 17.7 Å². The Hall–Kier alpha value is -2.14. The van der Waals surface area contributed by atoms with E-state index in [2.05, 4.69) is 0 Å². The number of methoxy groups -OCH3 is 2. The largest absolute Gasteiger partial charge is 0.497 e. The number of benzene rings is 2. The van der Waals surface area contributed by atoms with Gasteiger partial charge in [-0.15, -0.1) is 0 Å². The van der Waals surface area contributed by atoms with Gasteiger partial charge in [-0.25, -0.2) is 0 Å². The molecule has 1 aliphatic heterocycles. The molecule has 1 heterocycles. The van der Waals surface area contributed by atoms with Gasteiger partial charge in [0.2, 0.25) is 0 Å². The van der Waals surface area contributed by atoms with E-state index in [1.54, 1.807) is 20.3 Å². The molecular weight excluding hydrogens is 322 g/mol. The quantitative estimate of drug-likeness (QED) is 0.850. The molecule has 1 atom stereocenters. The molecule has 1 aliphatic rings. The number of rotatable bonds is 4. The Kier molecular flexibility index (Phi) is 5.30. The minimum Gasteiger partial charge on any atom is -0.497 e. The summed E-state index contributed by atoms with van der Waals surface area (Å²) in [6.45, 7) is 0.747. The average molecular weight is 343 g/mol. The summed E-state index contributed by atoms with van der Waals surface area (Å²) in [6, 6.07) is 15.4. The summed E-state index contributed by atoms with van der Waals surface area (Å²) in [5.74, 6) is 3.45. The van der Waals surface area contributed by atoms with Crippen LogP contribution in [-0.2, 0) is 0 Å². The SMILES string of the molecule is COc1ccc(C2CSCCN2C(=O)c2cccc(OC)c2)cc1. The Bertz CT molecular complexity index is 702. The highest BCUT2D eigenvalue weighted by Crippen LogP contribution is 2.32. The zero-order valence-electron chi connectivity index (χ0n) is 13.9. The highest BCUT2D eigenvalue weighted by Gasteiger charge is 2.29. The molecule has 1 saturated heterocycles. The molecule has 0 spiro atoms. The number of ether oxygens (including phenoxy) is 2. The lowest BCUT2D eigenvalue weighted by molar-refractivity contribution is 0.0701. The smallest absolute Gasteiger partial charge is 0.254 e. The molecule has 126 valence electrons. The number of carbonyl (C=O) groups is 1. The maximum atomic E-state index is 13.0. The Labute approximate surface area is 146 Å². The topological polar surface area (TPSA) is 38.8 Å². The van der Waals surface area contributed by atoms with E-state index >= 15 is 0 Å². The van der Waals surface area contributed by atoms with Gasteiger partial charge in [-0.3, -0.25) is 4.79 Å². The van der Waals surface area contributed by atoms with Crippen LogP contribution in [-0.4, -0.2) is 43.1 Å². The summed E-state index contributed by atoms with van der Waals surface area (Å²) in [4.78, 5) is 15.0. The summed E-state index contributed by atoms with van der Waals surface area (Å²) < 4.78 is 10.5. The van der Waals surface area contributed by atoms with E-state index in [1.165, 1.54) is 0 Å². The first-order valence-corrected chi connectivity index (χ1v) is 9.05. The van der Waals surface area contributed by atoms with E-state index in [1.807, 2.05) is 59.1 Å². The van der Waals surface area contributed by atoms with Crippen molar-refractivity contribution in [1.29, 1.82) is 0 Å². The summed E-state index contributed by atoms with van der Waals surface area (Å²) >= 11 is 1.88. The fourth-order valence-electron chi connectivity index (χ4n) is 2.87. The predicted octanol–water partition coefficient (Wildman–Crippen LogP) is 3.63. The Balaban J connectivity index is 1.86. The molecule has 1 fully saturated rings. The van der Waals surface area contributed by atoms with Gasteiger partial charge in [0.05, 0.1) is 20.3 Å². The first-order valence-electron chi connectivity index (χ1n) is 7.89. The molecule has 0 saturated carbocycles. The van der Waals surface area contributed by atoms with Crippen LogP contribution in [0, 0.1) is 0 Å². The highest BCUT2D eigenvalue weighted by molar-refractivity contribution is 7.99. The van der Waals surface area contributed by atoms with Gasteiger partial charge in [0, 0.05) is 23.6 Å². The van der Waals surface area contributed by atoms with E-state index in [9.17, 15) is 4.79 Å². The number of hydrogen-bond acceptors (Lipinski definition) is 4. The van der Waals surface area contributed by atoms with Crippen LogP contribution in [0.5, 0.6) is 11.5 Å². The third kappa shape index (κ3) is 3.51. The van der Waals surface area contributed by atoms with Crippen LogP contribution < -0.4 is 9.47 Å². The third-order valence-electron chi connectivity index (χ3n) is 4.21. The van der Waals surface area contributed by atoms with Crippen molar-refractivity contribution < 1.29 is 14.3 Å². The maximum Gasteiger partial charge on any atom is 0.254 e. The number of nitrogens with zero attached hydrogens (tertiary/aromatic N) is 1. The molecule has 0 aromatic heterocycles. The van der Waals surface area contributed by atoms with Gasteiger partial charge in [0.1, 0.15) is 11.5 Å². The lowest BCUT2D eigenvalue weighted by Crippen LogP contribution is -2.40. The van der Waals surface area contributed by atoms with Crippen LogP contribution in [0.15, 0.2) is 48.5 Å². The lowest BCUT2D eigenvalue weighted by atomic mass is 10.0. The molecule has 2 aromatic carbocycles. The molecule has 1 unspecified atom stereocenters. The molecular formula is C19H21NO3S. The van der Waals surface area contributed by atoms with Gasteiger partial charge in [-0.05, 0) is 35.9 Å². The Morgan fingerprint density at radius 2 is 1.83 bits per heavy atom. The zero-order chi connectivity index (χ0) is 16.9. The van der Waals surface area contributed by atoms with Gasteiger partial charge in [-0.2, -0.15) is 11.8 Å². The van der Waals surface area contributed by atoms with Crippen molar-refractivity contribution in [2.45, 2.75) is 6.04 Å². The fraction of sp³-hybridized carbons (Fsp3) is 0.316. The summed E-state index contributed by atoms with van der Waals surface area (Å²) in [5, 5.41) is 0. The second-order valence-corrected chi connectivity index (χ2v) is 6.74. The zero-order valence-corrected chi connectivity index (χ0v) is 14.7. The second kappa shape index (κ2) is 7.62. The van der Waals surface area contributed by atoms with Crippen LogP contribution in [0.1, 0.15) is 22.0 Å². The molecule has 4 nitrogen and oxygen atoms in total.